The molecule has 2 rings (SSSR count). The minimum atomic E-state index is -1.12. The third-order valence-corrected chi connectivity index (χ3v) is 4.44. The number of halogens is 2. The van der Waals surface area contributed by atoms with Crippen LogP contribution in [0.4, 0.5) is 0 Å². The van der Waals surface area contributed by atoms with Crippen molar-refractivity contribution in [1.29, 1.82) is 0 Å². The van der Waals surface area contributed by atoms with Gasteiger partial charge in [0.2, 0.25) is 0 Å². The van der Waals surface area contributed by atoms with Crippen LogP contribution in [0, 0.1) is 0 Å². The number of H-pyrrole nitrogens is 1. The molecule has 1 aliphatic heterocycles. The fourth-order valence-corrected chi connectivity index (χ4v) is 3.15. The topological polar surface area (TPSA) is 73.4 Å². The van der Waals surface area contributed by atoms with Crippen LogP contribution >= 0.6 is 23.2 Å². The zero-order valence-electron chi connectivity index (χ0n) is 11.1. The van der Waals surface area contributed by atoms with E-state index in [-0.39, 0.29) is 21.8 Å². The first kappa shape index (κ1) is 15.2. The number of carboxylic acid groups (broad SMARTS) is 1. The normalized spacial score (nSPS) is 22.2. The molecular weight excluding hydrogens is 303 g/mol. The number of hydrogen-bond acceptors (Lipinski definition) is 2. The van der Waals surface area contributed by atoms with Gasteiger partial charge in [0.05, 0.1) is 5.02 Å². The van der Waals surface area contributed by atoms with E-state index in [4.69, 9.17) is 23.2 Å². The Morgan fingerprint density at radius 2 is 2.20 bits per heavy atom. The standard InChI is InChI=1S/C13H16Cl2N2O3/c1-2-4-13(12(19)20)5-3-6-17(13)11(18)9-7-8(14)10(15)16-9/h7,16H,2-6H2,1H3,(H,19,20). The Morgan fingerprint density at radius 3 is 2.70 bits per heavy atom. The molecule has 1 saturated heterocycles. The van der Waals surface area contributed by atoms with Crippen LogP contribution in [0.5, 0.6) is 0 Å². The van der Waals surface area contributed by atoms with Gasteiger partial charge in [-0.1, -0.05) is 36.5 Å². The second-order valence-corrected chi connectivity index (χ2v) is 5.78. The Morgan fingerprint density at radius 1 is 1.50 bits per heavy atom. The highest BCUT2D eigenvalue weighted by Crippen LogP contribution is 2.35. The summed E-state index contributed by atoms with van der Waals surface area (Å²) >= 11 is 11.6. The van der Waals surface area contributed by atoms with E-state index in [0.29, 0.717) is 32.2 Å². The molecule has 0 radical (unpaired) electrons. The molecule has 2 N–H and O–H groups in total. The number of aliphatic carboxylic acids is 1. The minimum Gasteiger partial charge on any atom is -0.479 e. The van der Waals surface area contributed by atoms with Crippen LogP contribution in [-0.2, 0) is 4.79 Å². The summed E-state index contributed by atoms with van der Waals surface area (Å²) in [4.78, 5) is 28.3. The zero-order chi connectivity index (χ0) is 14.9. The van der Waals surface area contributed by atoms with Crippen molar-refractivity contribution in [3.8, 4) is 0 Å². The summed E-state index contributed by atoms with van der Waals surface area (Å²) in [6.45, 7) is 2.34. The molecule has 7 heteroatoms. The van der Waals surface area contributed by atoms with Crippen molar-refractivity contribution < 1.29 is 14.7 Å². The molecule has 1 amide bonds. The van der Waals surface area contributed by atoms with Crippen LogP contribution < -0.4 is 0 Å². The van der Waals surface area contributed by atoms with E-state index in [9.17, 15) is 14.7 Å². The first-order chi connectivity index (χ1) is 9.42. The van der Waals surface area contributed by atoms with Crippen molar-refractivity contribution in [3.63, 3.8) is 0 Å². The van der Waals surface area contributed by atoms with Gasteiger partial charge in [0.15, 0.2) is 0 Å². The lowest BCUT2D eigenvalue weighted by molar-refractivity contribution is -0.148. The van der Waals surface area contributed by atoms with Crippen molar-refractivity contribution in [2.24, 2.45) is 0 Å². The number of hydrogen-bond donors (Lipinski definition) is 2. The quantitative estimate of drug-likeness (QED) is 0.895. The zero-order valence-corrected chi connectivity index (χ0v) is 12.6. The first-order valence-electron chi connectivity index (χ1n) is 6.51. The van der Waals surface area contributed by atoms with Crippen LogP contribution in [0.2, 0.25) is 10.2 Å². The number of carboxylic acids is 1. The number of likely N-dealkylation sites (tertiary alicyclic amines) is 1. The molecule has 1 atom stereocenters. The number of nitrogens with one attached hydrogen (secondary N) is 1. The highest BCUT2D eigenvalue weighted by atomic mass is 35.5. The van der Waals surface area contributed by atoms with Gasteiger partial charge in [-0.3, -0.25) is 4.79 Å². The van der Waals surface area contributed by atoms with Gasteiger partial charge in [-0.15, -0.1) is 0 Å². The van der Waals surface area contributed by atoms with Crippen LogP contribution in [0.25, 0.3) is 0 Å². The van der Waals surface area contributed by atoms with E-state index >= 15 is 0 Å². The Hall–Kier alpha value is -1.20. The monoisotopic (exact) mass is 318 g/mol. The van der Waals surface area contributed by atoms with Crippen molar-refractivity contribution in [1.82, 2.24) is 9.88 Å². The van der Waals surface area contributed by atoms with Crippen molar-refractivity contribution in [3.05, 3.63) is 21.9 Å². The maximum absolute atomic E-state index is 12.5. The van der Waals surface area contributed by atoms with Crippen LogP contribution in [-0.4, -0.2) is 39.0 Å². The molecule has 1 unspecified atom stereocenters. The molecule has 0 spiro atoms. The van der Waals surface area contributed by atoms with E-state index in [1.807, 2.05) is 6.92 Å². The average Bonchev–Trinajstić information content (AvgIpc) is 2.95. The summed E-state index contributed by atoms with van der Waals surface area (Å²) in [5, 5.41) is 10.0. The summed E-state index contributed by atoms with van der Waals surface area (Å²) in [6.07, 6.45) is 2.29. The molecule has 1 aromatic rings. The predicted octanol–water partition coefficient (Wildman–Crippen LogP) is 3.18. The average molecular weight is 319 g/mol. The summed E-state index contributed by atoms with van der Waals surface area (Å²) in [6, 6.07) is 1.43. The molecule has 2 heterocycles. The number of amides is 1. The Bertz CT molecular complexity index is 524. The maximum Gasteiger partial charge on any atom is 0.329 e. The lowest BCUT2D eigenvalue weighted by Gasteiger charge is -2.34. The van der Waals surface area contributed by atoms with Crippen LogP contribution in [0.15, 0.2) is 6.07 Å². The Balaban J connectivity index is 2.34. The van der Waals surface area contributed by atoms with Gasteiger partial charge in [-0.05, 0) is 25.3 Å². The second-order valence-electron chi connectivity index (χ2n) is 4.99. The van der Waals surface area contributed by atoms with Gasteiger partial charge < -0.3 is 15.0 Å². The van der Waals surface area contributed by atoms with E-state index in [0.717, 1.165) is 0 Å². The predicted molar refractivity (Wildman–Crippen MR) is 76.4 cm³/mol. The number of rotatable bonds is 4. The minimum absolute atomic E-state index is 0.186. The first-order valence-corrected chi connectivity index (χ1v) is 7.27. The van der Waals surface area contributed by atoms with Gasteiger partial charge in [0, 0.05) is 6.54 Å². The highest BCUT2D eigenvalue weighted by molar-refractivity contribution is 6.41. The number of aromatic amines is 1. The molecule has 1 aromatic heterocycles. The van der Waals surface area contributed by atoms with Crippen molar-refractivity contribution in [2.75, 3.05) is 6.54 Å². The van der Waals surface area contributed by atoms with Gasteiger partial charge in [-0.25, -0.2) is 4.79 Å². The van der Waals surface area contributed by atoms with Crippen molar-refractivity contribution in [2.45, 2.75) is 38.1 Å². The fraction of sp³-hybridized carbons (Fsp3) is 0.538. The third-order valence-electron chi connectivity index (χ3n) is 3.75. The highest BCUT2D eigenvalue weighted by Gasteiger charge is 2.49. The smallest absolute Gasteiger partial charge is 0.329 e. The number of aromatic nitrogens is 1. The number of nitrogens with zero attached hydrogens (tertiary/aromatic N) is 1. The Kier molecular flexibility index (Phi) is 4.30. The molecule has 0 aliphatic carbocycles. The van der Waals surface area contributed by atoms with Gasteiger partial charge in [0.1, 0.15) is 16.4 Å². The summed E-state index contributed by atoms with van der Waals surface area (Å²) in [5.41, 5.74) is -0.890. The molecule has 0 saturated carbocycles. The van der Waals surface area contributed by atoms with E-state index in [2.05, 4.69) is 4.98 Å². The lowest BCUT2D eigenvalue weighted by Crippen LogP contribution is -2.53. The third kappa shape index (κ3) is 2.40. The van der Waals surface area contributed by atoms with Gasteiger partial charge >= 0.3 is 5.97 Å². The van der Waals surface area contributed by atoms with E-state index in [1.165, 1.54) is 11.0 Å². The van der Waals surface area contributed by atoms with Gasteiger partial charge in [0.25, 0.3) is 5.91 Å². The summed E-state index contributed by atoms with van der Waals surface area (Å²) in [5.74, 6) is -1.32. The molecule has 20 heavy (non-hydrogen) atoms. The van der Waals surface area contributed by atoms with Crippen molar-refractivity contribution >= 4 is 35.1 Å². The largest absolute Gasteiger partial charge is 0.479 e. The molecule has 110 valence electrons. The molecule has 1 fully saturated rings. The molecule has 5 nitrogen and oxygen atoms in total. The number of carbonyl (C=O) groups excluding carboxylic acids is 1. The maximum atomic E-state index is 12.5. The fourth-order valence-electron chi connectivity index (χ4n) is 2.84. The van der Waals surface area contributed by atoms with Crippen LogP contribution in [0.3, 0.4) is 0 Å². The molecule has 1 aliphatic rings. The number of carbonyl (C=O) groups is 2. The lowest BCUT2D eigenvalue weighted by atomic mass is 9.90. The van der Waals surface area contributed by atoms with E-state index < -0.39 is 11.5 Å². The molecule has 0 aromatic carbocycles. The van der Waals surface area contributed by atoms with Crippen LogP contribution in [0.1, 0.15) is 43.1 Å². The second kappa shape index (κ2) is 5.66. The molecule has 0 bridgehead atoms. The van der Waals surface area contributed by atoms with Gasteiger partial charge in [-0.2, -0.15) is 0 Å². The SMILES string of the molecule is CCCC1(C(=O)O)CCCN1C(=O)c1cc(Cl)c(Cl)[nH]1. The van der Waals surface area contributed by atoms with E-state index in [1.54, 1.807) is 0 Å². The Labute approximate surface area is 126 Å². The summed E-state index contributed by atoms with van der Waals surface area (Å²) < 4.78 is 0. The summed E-state index contributed by atoms with van der Waals surface area (Å²) in [7, 11) is 0. The molecular formula is C13H16Cl2N2O3.